The van der Waals surface area contributed by atoms with E-state index in [9.17, 15) is 9.18 Å². The number of Topliss-reactive ketones (excluding diaryl/α,β-unsaturated/α-hetero) is 1. The third-order valence-corrected chi connectivity index (χ3v) is 11.5. The monoisotopic (exact) mass is 518 g/mol. The van der Waals surface area contributed by atoms with Gasteiger partial charge >= 0.3 is 0 Å². The lowest BCUT2D eigenvalue weighted by Crippen LogP contribution is -2.54. The van der Waals surface area contributed by atoms with E-state index in [0.717, 1.165) is 30.1 Å². The standard InChI is InChI=1S/C32H51FO4/c1-5-16-35-17-18-36-19-20-37-26-12-14-31(3)24(21-26)7-9-27-29-11-10-28(23(2)6-8-25(34)22-33)32(29,4)15-13-30(27)31/h1,23-24,26-30H,6-22H2,2-4H3/t23-,24-,26-,27+,28-,29+,30+,31+,32-/m1/s1. The maximum atomic E-state index is 12.7. The Bertz CT molecular complexity index is 794. The number of halogens is 1. The van der Waals surface area contributed by atoms with Crippen molar-refractivity contribution in [1.29, 1.82) is 0 Å². The molecule has 5 heteroatoms. The van der Waals surface area contributed by atoms with Crippen LogP contribution in [-0.2, 0) is 19.0 Å². The van der Waals surface area contributed by atoms with Crippen LogP contribution in [0.1, 0.15) is 91.4 Å². The predicted octanol–water partition coefficient (Wildman–Crippen LogP) is 6.65. The maximum absolute atomic E-state index is 12.7. The van der Waals surface area contributed by atoms with Crippen molar-refractivity contribution in [2.75, 3.05) is 39.7 Å². The van der Waals surface area contributed by atoms with E-state index < -0.39 is 6.67 Å². The normalized spacial score (nSPS) is 39.8. The van der Waals surface area contributed by atoms with Gasteiger partial charge in [0.2, 0.25) is 0 Å². The first-order chi connectivity index (χ1) is 17.8. The molecule has 210 valence electrons. The van der Waals surface area contributed by atoms with Crippen molar-refractivity contribution in [2.24, 2.45) is 46.3 Å². The fraction of sp³-hybridized carbons (Fsp3) is 0.906. The van der Waals surface area contributed by atoms with E-state index in [1.165, 1.54) is 57.8 Å². The first-order valence-electron chi connectivity index (χ1n) is 15.1. The van der Waals surface area contributed by atoms with Crippen LogP contribution in [0, 0.1) is 58.7 Å². The molecule has 0 unspecified atom stereocenters. The molecule has 0 N–H and O–H groups in total. The second-order valence-corrected chi connectivity index (χ2v) is 13.2. The van der Waals surface area contributed by atoms with Gasteiger partial charge in [-0.15, -0.1) is 6.42 Å². The number of fused-ring (bicyclic) bond motifs is 5. The molecule has 9 atom stereocenters. The van der Waals surface area contributed by atoms with E-state index in [4.69, 9.17) is 20.6 Å². The van der Waals surface area contributed by atoms with Crippen molar-refractivity contribution in [3.63, 3.8) is 0 Å². The van der Waals surface area contributed by atoms with Crippen LogP contribution in [0.4, 0.5) is 4.39 Å². The first kappa shape index (κ1) is 29.0. The number of carbonyl (C=O) groups is 1. The molecule has 0 aromatic rings. The fourth-order valence-electron chi connectivity index (χ4n) is 9.63. The summed E-state index contributed by atoms with van der Waals surface area (Å²) in [6.07, 6.45) is 18.5. The molecular weight excluding hydrogens is 467 g/mol. The summed E-state index contributed by atoms with van der Waals surface area (Å²) in [5.74, 6) is 6.74. The minimum absolute atomic E-state index is 0.223. The molecule has 0 amide bonds. The SMILES string of the molecule is C#CCOCCOCCO[C@@H]1CC[C@@]2(C)[C@H](CC[C@@H]3[C@@H]2CC[C@]2(C)[C@@H]([C@H](C)CCC(=O)CF)CC[C@@H]32)C1. The Morgan fingerprint density at radius 3 is 2.49 bits per heavy atom. The molecule has 0 spiro atoms. The van der Waals surface area contributed by atoms with Crippen LogP contribution in [0.25, 0.3) is 0 Å². The zero-order valence-electron chi connectivity index (χ0n) is 23.7. The number of ketones is 1. The number of carbonyl (C=O) groups excluding carboxylic acids is 1. The van der Waals surface area contributed by atoms with Crippen molar-refractivity contribution in [2.45, 2.75) is 97.5 Å². The van der Waals surface area contributed by atoms with Gasteiger partial charge in [-0.25, -0.2) is 4.39 Å². The van der Waals surface area contributed by atoms with Crippen molar-refractivity contribution in [3.8, 4) is 12.3 Å². The van der Waals surface area contributed by atoms with Gasteiger partial charge in [-0.3, -0.25) is 4.79 Å². The molecule has 0 bridgehead atoms. The number of hydrogen-bond acceptors (Lipinski definition) is 4. The number of terminal acetylenes is 1. The minimum atomic E-state index is -0.802. The van der Waals surface area contributed by atoms with E-state index in [1.807, 2.05) is 0 Å². The smallest absolute Gasteiger partial charge is 0.163 e. The van der Waals surface area contributed by atoms with Crippen LogP contribution in [0.15, 0.2) is 0 Å². The van der Waals surface area contributed by atoms with E-state index in [-0.39, 0.29) is 5.78 Å². The molecule has 4 saturated carbocycles. The van der Waals surface area contributed by atoms with Crippen LogP contribution < -0.4 is 0 Å². The molecule has 0 aromatic heterocycles. The molecule has 4 aliphatic carbocycles. The van der Waals surface area contributed by atoms with Crippen molar-refractivity contribution in [1.82, 2.24) is 0 Å². The summed E-state index contributed by atoms with van der Waals surface area (Å²) >= 11 is 0. The van der Waals surface area contributed by atoms with Crippen LogP contribution in [0.5, 0.6) is 0 Å². The largest absolute Gasteiger partial charge is 0.377 e. The quantitative estimate of drug-likeness (QED) is 0.202. The molecular formula is C32H51FO4. The highest BCUT2D eigenvalue weighted by atomic mass is 19.1. The Kier molecular flexibility index (Phi) is 10.1. The van der Waals surface area contributed by atoms with Crippen LogP contribution >= 0.6 is 0 Å². The molecule has 0 heterocycles. The fourth-order valence-corrected chi connectivity index (χ4v) is 9.63. The number of hydrogen-bond donors (Lipinski definition) is 0. The summed E-state index contributed by atoms with van der Waals surface area (Å²) in [4.78, 5) is 11.6. The average Bonchev–Trinajstić information content (AvgIpc) is 3.26. The lowest BCUT2D eigenvalue weighted by Gasteiger charge is -2.61. The molecule has 0 radical (unpaired) electrons. The summed E-state index contributed by atoms with van der Waals surface area (Å²) in [7, 11) is 0. The summed E-state index contributed by atoms with van der Waals surface area (Å²) in [6, 6.07) is 0. The number of rotatable bonds is 13. The van der Waals surface area contributed by atoms with Crippen molar-refractivity contribution in [3.05, 3.63) is 0 Å². The number of ether oxygens (including phenoxy) is 3. The van der Waals surface area contributed by atoms with Crippen LogP contribution in [0.2, 0.25) is 0 Å². The lowest BCUT2D eigenvalue weighted by atomic mass is 9.44. The van der Waals surface area contributed by atoms with Crippen LogP contribution in [-0.4, -0.2) is 51.6 Å². The van der Waals surface area contributed by atoms with Gasteiger partial charge in [0.1, 0.15) is 13.3 Å². The molecule has 4 aliphatic rings. The zero-order valence-corrected chi connectivity index (χ0v) is 23.7. The zero-order chi connectivity index (χ0) is 26.5. The van der Waals surface area contributed by atoms with Gasteiger partial charge in [-0.1, -0.05) is 26.7 Å². The highest BCUT2D eigenvalue weighted by Gasteiger charge is 2.60. The topological polar surface area (TPSA) is 44.8 Å². The maximum Gasteiger partial charge on any atom is 0.163 e. The first-order valence-corrected chi connectivity index (χ1v) is 15.1. The summed E-state index contributed by atoms with van der Waals surface area (Å²) in [5.41, 5.74) is 0.848. The second kappa shape index (κ2) is 12.9. The van der Waals surface area contributed by atoms with Crippen LogP contribution in [0.3, 0.4) is 0 Å². The average molecular weight is 519 g/mol. The molecule has 0 aromatic carbocycles. The summed E-state index contributed by atoms with van der Waals surface area (Å²) in [5, 5.41) is 0. The van der Waals surface area contributed by atoms with Gasteiger partial charge < -0.3 is 14.2 Å². The highest BCUT2D eigenvalue weighted by Crippen LogP contribution is 2.68. The third kappa shape index (κ3) is 6.28. The van der Waals surface area contributed by atoms with E-state index >= 15 is 0 Å². The summed E-state index contributed by atoms with van der Waals surface area (Å²) in [6.45, 7) is 9.43. The van der Waals surface area contributed by atoms with Gasteiger partial charge in [-0.2, -0.15) is 0 Å². The Morgan fingerprint density at radius 2 is 1.70 bits per heavy atom. The third-order valence-electron chi connectivity index (χ3n) is 11.5. The number of alkyl halides is 1. The van der Waals surface area contributed by atoms with Gasteiger partial charge in [0.25, 0.3) is 0 Å². The molecule has 4 fully saturated rings. The molecule has 0 aliphatic heterocycles. The van der Waals surface area contributed by atoms with Gasteiger partial charge in [0.05, 0.1) is 32.5 Å². The van der Waals surface area contributed by atoms with E-state index in [1.54, 1.807) is 0 Å². The Balaban J connectivity index is 1.27. The molecule has 4 rings (SSSR count). The Labute approximate surface area is 225 Å². The Morgan fingerprint density at radius 1 is 0.973 bits per heavy atom. The molecule has 0 saturated heterocycles. The molecule has 4 nitrogen and oxygen atoms in total. The molecule has 37 heavy (non-hydrogen) atoms. The minimum Gasteiger partial charge on any atom is -0.377 e. The highest BCUT2D eigenvalue weighted by molar-refractivity contribution is 5.79. The van der Waals surface area contributed by atoms with Crippen molar-refractivity contribution >= 4 is 5.78 Å². The van der Waals surface area contributed by atoms with Gasteiger partial charge in [0.15, 0.2) is 5.78 Å². The van der Waals surface area contributed by atoms with E-state index in [2.05, 4.69) is 26.7 Å². The van der Waals surface area contributed by atoms with Crippen molar-refractivity contribution < 1.29 is 23.4 Å². The summed E-state index contributed by atoms with van der Waals surface area (Å²) < 4.78 is 29.8. The second-order valence-electron chi connectivity index (χ2n) is 13.2. The van der Waals surface area contributed by atoms with Gasteiger partial charge in [0, 0.05) is 6.42 Å². The van der Waals surface area contributed by atoms with Gasteiger partial charge in [-0.05, 0) is 111 Å². The predicted molar refractivity (Wildman–Crippen MR) is 145 cm³/mol. The lowest BCUT2D eigenvalue weighted by molar-refractivity contribution is -0.139. The Hall–Kier alpha value is -0.960. The van der Waals surface area contributed by atoms with E-state index in [0.29, 0.717) is 68.2 Å².